The molecular formula is C66H71N5O10S2. The fourth-order valence-electron chi connectivity index (χ4n) is 10.0. The number of likely N-dealkylation sites (tertiary alicyclic amines) is 1. The molecule has 432 valence electrons. The molecule has 1 saturated heterocycles. The second kappa shape index (κ2) is 27.0. The van der Waals surface area contributed by atoms with Crippen LogP contribution < -0.4 is 38.2 Å². The normalized spacial score (nSPS) is 15.7. The van der Waals surface area contributed by atoms with Gasteiger partial charge in [0.2, 0.25) is 20.0 Å². The van der Waals surface area contributed by atoms with Crippen LogP contribution in [0, 0.1) is 25.7 Å². The van der Waals surface area contributed by atoms with Gasteiger partial charge in [-0.05, 0) is 140 Å². The number of hydrogen-bond donors (Lipinski definition) is 3. The Morgan fingerprint density at radius 1 is 0.542 bits per heavy atom. The first-order valence-electron chi connectivity index (χ1n) is 27.5. The van der Waals surface area contributed by atoms with Crippen LogP contribution in [0.2, 0.25) is 0 Å². The first kappa shape index (κ1) is 59.1. The summed E-state index contributed by atoms with van der Waals surface area (Å²) in [7, 11) is -4.70. The molecule has 17 heteroatoms. The Balaban J connectivity index is 0.000000200. The van der Waals surface area contributed by atoms with Crippen molar-refractivity contribution in [3.05, 3.63) is 228 Å². The largest absolute Gasteiger partial charge is 0.493 e. The molecule has 83 heavy (non-hydrogen) atoms. The molecule has 0 aromatic heterocycles. The number of likely N-dealkylation sites (N-methyl/N-ethyl adjacent to an activating group) is 1. The second-order valence-corrected chi connectivity index (χ2v) is 24.8. The summed E-state index contributed by atoms with van der Waals surface area (Å²) in [6.07, 6.45) is 4.21. The Kier molecular flexibility index (Phi) is 19.3. The molecule has 1 heterocycles. The minimum Gasteiger partial charge on any atom is -0.493 e. The van der Waals surface area contributed by atoms with E-state index >= 15 is 0 Å². The number of ether oxygens (including phenoxy) is 4. The highest BCUT2D eigenvalue weighted by Gasteiger charge is 2.43. The number of nitrogens with zero attached hydrogens (tertiary/aromatic N) is 3. The van der Waals surface area contributed by atoms with E-state index in [-0.39, 0.29) is 17.9 Å². The Hall–Kier alpha value is -8.51. The summed E-state index contributed by atoms with van der Waals surface area (Å²) in [5.74, 6) is 3.23. The van der Waals surface area contributed by atoms with E-state index in [1.165, 1.54) is 11.8 Å². The van der Waals surface area contributed by atoms with E-state index < -0.39 is 26.0 Å². The summed E-state index contributed by atoms with van der Waals surface area (Å²) >= 11 is 0. The van der Waals surface area contributed by atoms with Crippen molar-refractivity contribution < 1.29 is 45.7 Å². The maximum Gasteiger partial charge on any atom is 0.306 e. The summed E-state index contributed by atoms with van der Waals surface area (Å²) in [4.78, 5) is 17.8. The van der Waals surface area contributed by atoms with E-state index in [4.69, 9.17) is 24.1 Å². The van der Waals surface area contributed by atoms with Crippen LogP contribution >= 0.6 is 0 Å². The third-order valence-corrected chi connectivity index (χ3v) is 15.5. The van der Waals surface area contributed by atoms with E-state index in [9.17, 15) is 21.6 Å². The third-order valence-electron chi connectivity index (χ3n) is 14.3. The molecule has 0 radical (unpaired) electrons. The second-order valence-electron chi connectivity index (χ2n) is 21.3. The smallest absolute Gasteiger partial charge is 0.306 e. The number of rotatable bonds is 24. The van der Waals surface area contributed by atoms with Gasteiger partial charge < -0.3 is 38.8 Å². The fourth-order valence-corrected chi connectivity index (χ4v) is 11.3. The summed E-state index contributed by atoms with van der Waals surface area (Å²) in [6.45, 7) is 8.78. The average molecular weight is 1160 g/mol. The minimum atomic E-state index is -3.41. The van der Waals surface area contributed by atoms with E-state index in [0.29, 0.717) is 67.8 Å². The summed E-state index contributed by atoms with van der Waals surface area (Å²) in [6, 6.07) is 62.8. The van der Waals surface area contributed by atoms with Gasteiger partial charge in [0.1, 0.15) is 40.6 Å². The Bertz CT molecular complexity index is 3690. The van der Waals surface area contributed by atoms with Crippen molar-refractivity contribution in [2.24, 2.45) is 11.8 Å². The molecule has 3 atom stereocenters. The summed E-state index contributed by atoms with van der Waals surface area (Å²) in [5.41, 5.74) is 9.24. The number of nitrogens with one attached hydrogen (secondary N) is 2. The van der Waals surface area contributed by atoms with Crippen LogP contribution in [0.4, 0.5) is 22.7 Å². The number of benzene rings is 8. The molecule has 1 aliphatic carbocycles. The number of carbonyl (C=O) groups is 1. The van der Waals surface area contributed by atoms with Crippen molar-refractivity contribution in [2.75, 3.05) is 58.5 Å². The van der Waals surface area contributed by atoms with Gasteiger partial charge in [0, 0.05) is 68.7 Å². The molecule has 0 bridgehead atoms. The predicted molar refractivity (Wildman–Crippen MR) is 329 cm³/mol. The maximum atomic E-state index is 11.9. The van der Waals surface area contributed by atoms with Gasteiger partial charge >= 0.3 is 5.97 Å². The minimum absolute atomic E-state index is 0.0586. The quantitative estimate of drug-likeness (QED) is 0.0521. The highest BCUT2D eigenvalue weighted by Crippen LogP contribution is 2.39. The third kappa shape index (κ3) is 17.7. The van der Waals surface area contributed by atoms with Gasteiger partial charge in [0.15, 0.2) is 0 Å². The molecule has 0 spiro atoms. The standard InChI is InChI=1S/C33H37N3O4S.C33H34N2O6S/c1-25-32(34-41(3,37)38)13-8-14-33(25)36(22-26-9-5-4-6-10-26)23-27-15-17-28(18-16-27)39-29-11-7-12-30(21-29)40-31-19-20-35(2)24-31;1-23-31(34-42(2,38)39)12-7-13-32(23)35(20-24-8-4-3-5-9-24)21-25-14-16-27(17-15-25)41-29-11-6-10-28(19-29)40-22-26-18-30(26)33(36)37/h4-18,21,31,34H,19-20,22-24H2,1-3H3;3-17,19,26,30,34H,18,20-22H2,1-2H3,(H,36,37). The molecule has 8 aromatic carbocycles. The average Bonchev–Trinajstić information content (AvgIpc) is 4.35. The molecule has 10 rings (SSSR count). The van der Waals surface area contributed by atoms with Crippen LogP contribution in [-0.4, -0.2) is 78.2 Å². The van der Waals surface area contributed by atoms with Gasteiger partial charge in [-0.1, -0.05) is 109 Å². The first-order valence-corrected chi connectivity index (χ1v) is 31.3. The summed E-state index contributed by atoms with van der Waals surface area (Å²) in [5, 5.41) is 9.08. The lowest BCUT2D eigenvalue weighted by Crippen LogP contribution is -2.23. The Morgan fingerprint density at radius 3 is 1.39 bits per heavy atom. The molecule has 1 aliphatic heterocycles. The van der Waals surface area contributed by atoms with Gasteiger partial charge in [-0.15, -0.1) is 0 Å². The number of hydrogen-bond acceptors (Lipinski definition) is 12. The van der Waals surface area contributed by atoms with Crippen molar-refractivity contribution >= 4 is 48.8 Å². The number of carboxylic acids is 1. The Labute approximate surface area is 488 Å². The van der Waals surface area contributed by atoms with Crippen LogP contribution in [-0.2, 0) is 51.0 Å². The molecule has 3 N–H and O–H groups in total. The molecule has 1 saturated carbocycles. The van der Waals surface area contributed by atoms with Crippen LogP contribution in [0.5, 0.6) is 34.5 Å². The molecule has 8 aromatic rings. The van der Waals surface area contributed by atoms with Crippen LogP contribution in [0.25, 0.3) is 0 Å². The van der Waals surface area contributed by atoms with Crippen molar-refractivity contribution in [1.29, 1.82) is 0 Å². The topological polar surface area (TPSA) is 176 Å². The number of sulfonamides is 2. The van der Waals surface area contributed by atoms with E-state index in [0.717, 1.165) is 82.2 Å². The number of aliphatic carboxylic acids is 1. The van der Waals surface area contributed by atoms with Crippen molar-refractivity contribution in [3.8, 4) is 34.5 Å². The van der Waals surface area contributed by atoms with Gasteiger partial charge in [0.05, 0.1) is 36.4 Å². The molecule has 3 unspecified atom stereocenters. The zero-order valence-electron chi connectivity index (χ0n) is 47.4. The first-order chi connectivity index (χ1) is 39.9. The van der Waals surface area contributed by atoms with Gasteiger partial charge in [-0.2, -0.15) is 0 Å². The summed E-state index contributed by atoms with van der Waals surface area (Å²) < 4.78 is 77.2. The zero-order chi connectivity index (χ0) is 58.5. The fraction of sp³-hybridized carbons (Fsp3) is 0.258. The van der Waals surface area contributed by atoms with Crippen molar-refractivity contribution in [2.45, 2.75) is 59.0 Å². The highest BCUT2D eigenvalue weighted by molar-refractivity contribution is 7.92. The highest BCUT2D eigenvalue weighted by atomic mass is 32.2. The van der Waals surface area contributed by atoms with E-state index in [2.05, 4.69) is 67.6 Å². The van der Waals surface area contributed by atoms with Crippen LogP contribution in [0.3, 0.4) is 0 Å². The zero-order valence-corrected chi connectivity index (χ0v) is 49.0. The van der Waals surface area contributed by atoms with Gasteiger partial charge in [-0.3, -0.25) is 14.2 Å². The van der Waals surface area contributed by atoms with Gasteiger partial charge in [-0.25, -0.2) is 16.8 Å². The van der Waals surface area contributed by atoms with E-state index in [1.54, 1.807) is 18.2 Å². The molecular weight excluding hydrogens is 1090 g/mol. The lowest BCUT2D eigenvalue weighted by Gasteiger charge is -2.28. The Morgan fingerprint density at radius 2 is 0.964 bits per heavy atom. The number of anilines is 4. The van der Waals surface area contributed by atoms with E-state index in [1.807, 2.05) is 153 Å². The number of carboxylic acid groups (broad SMARTS) is 1. The molecule has 2 fully saturated rings. The van der Waals surface area contributed by atoms with Crippen LogP contribution in [0.1, 0.15) is 46.2 Å². The monoisotopic (exact) mass is 1160 g/mol. The van der Waals surface area contributed by atoms with Crippen molar-refractivity contribution in [1.82, 2.24) is 4.90 Å². The lowest BCUT2D eigenvalue weighted by molar-refractivity contribution is -0.139. The molecule has 15 nitrogen and oxygen atoms in total. The lowest BCUT2D eigenvalue weighted by atomic mass is 10.1. The molecule has 0 amide bonds. The molecule has 2 aliphatic rings. The van der Waals surface area contributed by atoms with Crippen molar-refractivity contribution in [3.63, 3.8) is 0 Å². The van der Waals surface area contributed by atoms with Gasteiger partial charge in [0.25, 0.3) is 0 Å². The maximum absolute atomic E-state index is 11.9. The van der Waals surface area contributed by atoms with Crippen LogP contribution in [0.15, 0.2) is 194 Å². The predicted octanol–water partition coefficient (Wildman–Crippen LogP) is 12.9. The SMILES string of the molecule is Cc1c(NS(C)(=O)=O)cccc1N(Cc1ccccc1)Cc1ccc(Oc2cccc(OC3CCN(C)C3)c2)cc1.Cc1c(NS(C)(=O)=O)cccc1N(Cc1ccccc1)Cc1ccc(Oc2cccc(OCC3CC3C(=O)O)c2)cc1.